The maximum atomic E-state index is 3.55. The first-order valence-corrected chi connectivity index (χ1v) is 5.45. The Bertz CT molecular complexity index is 429. The highest BCUT2D eigenvalue weighted by molar-refractivity contribution is 9.10. The van der Waals surface area contributed by atoms with Gasteiger partial charge in [0.1, 0.15) is 0 Å². The third-order valence-electron chi connectivity index (χ3n) is 2.15. The molecular weight excluding hydrogens is 232 g/mol. The van der Waals surface area contributed by atoms with Gasteiger partial charge in [-0.15, -0.1) is 11.3 Å². The van der Waals surface area contributed by atoms with Gasteiger partial charge >= 0.3 is 0 Å². The van der Waals surface area contributed by atoms with Gasteiger partial charge in [-0.05, 0) is 46.8 Å². The van der Waals surface area contributed by atoms with Crippen molar-refractivity contribution in [1.82, 2.24) is 0 Å². The Morgan fingerprint density at radius 2 is 2.00 bits per heavy atom. The number of halogens is 1. The zero-order chi connectivity index (χ0) is 8.72. The monoisotopic (exact) mass is 240 g/mol. The summed E-state index contributed by atoms with van der Waals surface area (Å²) in [5, 5.41) is 1.38. The Labute approximate surface area is 84.4 Å². The summed E-state index contributed by atoms with van der Waals surface area (Å²) in [6.45, 7) is 4.35. The van der Waals surface area contributed by atoms with Crippen LogP contribution in [0.4, 0.5) is 0 Å². The molecule has 0 aliphatic carbocycles. The molecule has 0 nitrogen and oxygen atoms in total. The largest absolute Gasteiger partial charge is 0.139 e. The number of fused-ring (bicyclic) bond motifs is 1. The first kappa shape index (κ1) is 8.27. The number of benzene rings is 1. The smallest absolute Gasteiger partial charge is 0.0490 e. The molecule has 0 aliphatic heterocycles. The van der Waals surface area contributed by atoms with Crippen LogP contribution >= 0.6 is 27.3 Å². The van der Waals surface area contributed by atoms with E-state index in [9.17, 15) is 0 Å². The van der Waals surface area contributed by atoms with Crippen molar-refractivity contribution in [2.75, 3.05) is 0 Å². The molecule has 0 amide bonds. The predicted molar refractivity (Wildman–Crippen MR) is 59.0 cm³/mol. The zero-order valence-corrected chi connectivity index (χ0v) is 9.42. The standard InChI is InChI=1S/C10H9BrS/c1-6-7(2)12-10-8(6)4-3-5-9(10)11/h3-5H,1-2H3. The number of hydrogen-bond acceptors (Lipinski definition) is 1. The van der Waals surface area contributed by atoms with Crippen LogP contribution in [0.25, 0.3) is 10.1 Å². The first-order chi connectivity index (χ1) is 5.70. The second-order valence-corrected chi connectivity index (χ2v) is 4.98. The summed E-state index contributed by atoms with van der Waals surface area (Å²) < 4.78 is 2.58. The van der Waals surface area contributed by atoms with Crippen LogP contribution in [-0.2, 0) is 0 Å². The van der Waals surface area contributed by atoms with Crippen molar-refractivity contribution in [2.24, 2.45) is 0 Å². The highest BCUT2D eigenvalue weighted by Crippen LogP contribution is 2.34. The van der Waals surface area contributed by atoms with Gasteiger partial charge < -0.3 is 0 Å². The van der Waals surface area contributed by atoms with E-state index in [2.05, 4.69) is 48.0 Å². The summed E-state index contributed by atoms with van der Waals surface area (Å²) >= 11 is 5.41. The van der Waals surface area contributed by atoms with Crippen LogP contribution < -0.4 is 0 Å². The fourth-order valence-electron chi connectivity index (χ4n) is 1.33. The van der Waals surface area contributed by atoms with Crippen LogP contribution in [-0.4, -0.2) is 0 Å². The third-order valence-corrected chi connectivity index (χ3v) is 4.33. The van der Waals surface area contributed by atoms with Crippen molar-refractivity contribution in [3.63, 3.8) is 0 Å². The minimum absolute atomic E-state index is 1.21. The molecule has 1 heterocycles. The van der Waals surface area contributed by atoms with E-state index in [1.165, 1.54) is 25.0 Å². The van der Waals surface area contributed by atoms with Gasteiger partial charge in [0.15, 0.2) is 0 Å². The lowest BCUT2D eigenvalue weighted by molar-refractivity contribution is 1.47. The zero-order valence-electron chi connectivity index (χ0n) is 7.02. The molecule has 0 atom stereocenters. The van der Waals surface area contributed by atoms with Crippen molar-refractivity contribution in [1.29, 1.82) is 0 Å². The molecule has 2 aromatic rings. The van der Waals surface area contributed by atoms with Crippen LogP contribution in [0.1, 0.15) is 10.4 Å². The summed E-state index contributed by atoms with van der Waals surface area (Å²) in [5.74, 6) is 0. The van der Waals surface area contributed by atoms with E-state index in [0.717, 1.165) is 0 Å². The van der Waals surface area contributed by atoms with Gasteiger partial charge in [0.2, 0.25) is 0 Å². The maximum Gasteiger partial charge on any atom is 0.0490 e. The molecule has 2 heteroatoms. The molecule has 0 fully saturated rings. The first-order valence-electron chi connectivity index (χ1n) is 3.84. The minimum atomic E-state index is 1.21. The van der Waals surface area contributed by atoms with E-state index in [1.807, 2.05) is 11.3 Å². The van der Waals surface area contributed by atoms with Gasteiger partial charge in [0, 0.05) is 14.0 Å². The molecule has 0 N–H and O–H groups in total. The second-order valence-electron chi connectivity index (χ2n) is 2.90. The molecule has 0 saturated carbocycles. The van der Waals surface area contributed by atoms with Gasteiger partial charge in [-0.3, -0.25) is 0 Å². The highest BCUT2D eigenvalue weighted by Gasteiger charge is 2.05. The molecule has 1 aromatic heterocycles. The molecule has 0 aliphatic rings. The molecule has 12 heavy (non-hydrogen) atoms. The fraction of sp³-hybridized carbons (Fsp3) is 0.200. The Kier molecular flexibility index (Phi) is 1.97. The lowest BCUT2D eigenvalue weighted by Crippen LogP contribution is -1.70. The van der Waals surface area contributed by atoms with E-state index >= 15 is 0 Å². The molecule has 0 radical (unpaired) electrons. The fourth-order valence-corrected chi connectivity index (χ4v) is 3.00. The van der Waals surface area contributed by atoms with Gasteiger partial charge in [-0.25, -0.2) is 0 Å². The van der Waals surface area contributed by atoms with E-state index < -0.39 is 0 Å². The van der Waals surface area contributed by atoms with Crippen LogP contribution in [0.3, 0.4) is 0 Å². The number of thiophene rings is 1. The Balaban J connectivity index is 2.95. The molecule has 0 bridgehead atoms. The van der Waals surface area contributed by atoms with Crippen molar-refractivity contribution in [3.8, 4) is 0 Å². The van der Waals surface area contributed by atoms with Gasteiger partial charge in [-0.1, -0.05) is 12.1 Å². The minimum Gasteiger partial charge on any atom is -0.139 e. The molecule has 0 saturated heterocycles. The lowest BCUT2D eigenvalue weighted by atomic mass is 10.2. The van der Waals surface area contributed by atoms with Gasteiger partial charge in [-0.2, -0.15) is 0 Å². The highest BCUT2D eigenvalue weighted by atomic mass is 79.9. The summed E-state index contributed by atoms with van der Waals surface area (Å²) in [6.07, 6.45) is 0. The quantitative estimate of drug-likeness (QED) is 0.645. The normalized spacial score (nSPS) is 10.9. The molecule has 1 aromatic carbocycles. The van der Waals surface area contributed by atoms with Crippen molar-refractivity contribution < 1.29 is 0 Å². The lowest BCUT2D eigenvalue weighted by Gasteiger charge is -1.92. The topological polar surface area (TPSA) is 0 Å². The van der Waals surface area contributed by atoms with Crippen LogP contribution in [0, 0.1) is 13.8 Å². The summed E-state index contributed by atoms with van der Waals surface area (Å²) in [6, 6.07) is 6.36. The molecule has 0 unspecified atom stereocenters. The maximum absolute atomic E-state index is 3.55. The number of aryl methyl sites for hydroxylation is 2. The summed E-state index contributed by atoms with van der Waals surface area (Å²) in [7, 11) is 0. The molecule has 62 valence electrons. The third kappa shape index (κ3) is 1.10. The van der Waals surface area contributed by atoms with Crippen molar-refractivity contribution in [3.05, 3.63) is 33.1 Å². The average molecular weight is 241 g/mol. The predicted octanol–water partition coefficient (Wildman–Crippen LogP) is 4.28. The Morgan fingerprint density at radius 1 is 1.25 bits per heavy atom. The number of hydrogen-bond donors (Lipinski definition) is 0. The van der Waals surface area contributed by atoms with Gasteiger partial charge in [0.05, 0.1) is 0 Å². The van der Waals surface area contributed by atoms with Crippen molar-refractivity contribution in [2.45, 2.75) is 13.8 Å². The van der Waals surface area contributed by atoms with E-state index in [0.29, 0.717) is 0 Å². The van der Waals surface area contributed by atoms with E-state index in [-0.39, 0.29) is 0 Å². The summed E-state index contributed by atoms with van der Waals surface area (Å²) in [4.78, 5) is 1.41. The molecule has 2 rings (SSSR count). The van der Waals surface area contributed by atoms with Crippen LogP contribution in [0.15, 0.2) is 22.7 Å². The van der Waals surface area contributed by atoms with Crippen LogP contribution in [0.5, 0.6) is 0 Å². The van der Waals surface area contributed by atoms with E-state index in [4.69, 9.17) is 0 Å². The number of rotatable bonds is 0. The average Bonchev–Trinajstić information content (AvgIpc) is 2.32. The Hall–Kier alpha value is -0.340. The van der Waals surface area contributed by atoms with Gasteiger partial charge in [0.25, 0.3) is 0 Å². The molecular formula is C10H9BrS. The van der Waals surface area contributed by atoms with Crippen LogP contribution in [0.2, 0.25) is 0 Å². The SMILES string of the molecule is Cc1sc2c(Br)cccc2c1C. The Morgan fingerprint density at radius 3 is 2.67 bits per heavy atom. The summed E-state index contributed by atoms with van der Waals surface area (Å²) in [5.41, 5.74) is 1.41. The molecule has 0 spiro atoms. The van der Waals surface area contributed by atoms with E-state index in [1.54, 1.807) is 0 Å². The second kappa shape index (κ2) is 2.86. The van der Waals surface area contributed by atoms with Crippen molar-refractivity contribution >= 4 is 37.4 Å².